The van der Waals surface area contributed by atoms with Crippen molar-refractivity contribution < 1.29 is 9.59 Å². The molecule has 13 heavy (non-hydrogen) atoms. The summed E-state index contributed by atoms with van der Waals surface area (Å²) in [6, 6.07) is 0. The molecule has 0 saturated carbocycles. The number of rotatable bonds is 2. The molecule has 2 amide bonds. The van der Waals surface area contributed by atoms with Crippen LogP contribution in [0.4, 0.5) is 0 Å². The third-order valence-electron chi connectivity index (χ3n) is 2.53. The molecule has 0 bridgehead atoms. The summed E-state index contributed by atoms with van der Waals surface area (Å²) in [6.07, 6.45) is 1.43. The van der Waals surface area contributed by atoms with Crippen molar-refractivity contribution in [1.29, 1.82) is 0 Å². The van der Waals surface area contributed by atoms with Gasteiger partial charge in [0, 0.05) is 20.0 Å². The summed E-state index contributed by atoms with van der Waals surface area (Å²) in [5, 5.41) is 2.57. The maximum absolute atomic E-state index is 11.5. The summed E-state index contributed by atoms with van der Waals surface area (Å²) in [7, 11) is 1.59. The average Bonchev–Trinajstić information content (AvgIpc) is 2.50. The van der Waals surface area contributed by atoms with Gasteiger partial charge in [0.2, 0.25) is 11.8 Å². The number of carbonyl (C=O) groups is 2. The highest BCUT2D eigenvalue weighted by molar-refractivity contribution is 5.91. The van der Waals surface area contributed by atoms with Crippen molar-refractivity contribution in [3.8, 4) is 0 Å². The lowest BCUT2D eigenvalue weighted by molar-refractivity contribution is -0.142. The Morgan fingerprint density at radius 2 is 2.15 bits per heavy atom. The van der Waals surface area contributed by atoms with Crippen LogP contribution in [0.2, 0.25) is 0 Å². The van der Waals surface area contributed by atoms with E-state index in [0.29, 0.717) is 13.0 Å². The van der Waals surface area contributed by atoms with Gasteiger partial charge in [-0.05, 0) is 20.3 Å². The number of hydrogen-bond donors (Lipinski definition) is 1. The van der Waals surface area contributed by atoms with E-state index in [0.717, 1.165) is 6.42 Å². The Bertz CT molecular complexity index is 236. The van der Waals surface area contributed by atoms with Crippen molar-refractivity contribution in [3.63, 3.8) is 0 Å². The molecule has 0 atom stereocenters. The molecule has 0 aromatic heterocycles. The molecular weight excluding hydrogens is 168 g/mol. The number of likely N-dealkylation sites (tertiary alicyclic amines) is 1. The second kappa shape index (κ2) is 3.36. The number of nitrogens with one attached hydrogen (secondary N) is 1. The largest absolute Gasteiger partial charge is 0.357 e. The molecule has 0 spiro atoms. The van der Waals surface area contributed by atoms with Crippen molar-refractivity contribution >= 4 is 11.8 Å². The maximum atomic E-state index is 11.5. The highest BCUT2D eigenvalue weighted by Crippen LogP contribution is 2.21. The van der Waals surface area contributed by atoms with Crippen LogP contribution in [0.15, 0.2) is 0 Å². The van der Waals surface area contributed by atoms with Crippen LogP contribution in [0.25, 0.3) is 0 Å². The molecule has 4 heteroatoms. The van der Waals surface area contributed by atoms with Crippen molar-refractivity contribution in [1.82, 2.24) is 10.2 Å². The van der Waals surface area contributed by atoms with E-state index in [1.165, 1.54) is 0 Å². The first-order chi connectivity index (χ1) is 6.00. The first-order valence-corrected chi connectivity index (χ1v) is 4.53. The molecule has 0 unspecified atom stereocenters. The first kappa shape index (κ1) is 10.0. The molecule has 1 rings (SSSR count). The lowest BCUT2D eigenvalue weighted by Gasteiger charge is -2.33. The zero-order valence-corrected chi connectivity index (χ0v) is 8.39. The van der Waals surface area contributed by atoms with Crippen molar-refractivity contribution in [2.45, 2.75) is 32.2 Å². The van der Waals surface area contributed by atoms with Crippen molar-refractivity contribution in [2.24, 2.45) is 0 Å². The number of hydrogen-bond acceptors (Lipinski definition) is 2. The van der Waals surface area contributed by atoms with Gasteiger partial charge in [0.15, 0.2) is 0 Å². The molecule has 4 nitrogen and oxygen atoms in total. The van der Waals surface area contributed by atoms with E-state index in [1.54, 1.807) is 25.8 Å². The predicted octanol–water partition coefficient (Wildman–Crippen LogP) is 0.133. The van der Waals surface area contributed by atoms with E-state index < -0.39 is 5.54 Å². The Balaban J connectivity index is 2.79. The standard InChI is InChI=1S/C9H16N2O2/c1-9(2,8(13)10-3)11-6-4-5-7(11)12/h4-6H2,1-3H3,(H,10,13). The van der Waals surface area contributed by atoms with Gasteiger partial charge in [-0.2, -0.15) is 0 Å². The highest BCUT2D eigenvalue weighted by Gasteiger charge is 2.39. The molecule has 0 radical (unpaired) electrons. The number of nitrogens with zero attached hydrogens (tertiary/aromatic N) is 1. The zero-order valence-electron chi connectivity index (χ0n) is 8.39. The van der Waals surface area contributed by atoms with E-state index in [1.807, 2.05) is 0 Å². The highest BCUT2D eigenvalue weighted by atomic mass is 16.2. The SMILES string of the molecule is CNC(=O)C(C)(C)N1CCCC1=O. The Kier molecular flexibility index (Phi) is 2.59. The van der Waals surface area contributed by atoms with Crippen LogP contribution in [0.3, 0.4) is 0 Å². The number of amides is 2. The van der Waals surface area contributed by atoms with Gasteiger partial charge in [-0.1, -0.05) is 0 Å². The second-order valence-electron chi connectivity index (χ2n) is 3.79. The van der Waals surface area contributed by atoms with Crippen LogP contribution in [-0.2, 0) is 9.59 Å². The Morgan fingerprint density at radius 3 is 2.54 bits per heavy atom. The van der Waals surface area contributed by atoms with E-state index in [4.69, 9.17) is 0 Å². The Labute approximate surface area is 78.3 Å². The molecular formula is C9H16N2O2. The topological polar surface area (TPSA) is 49.4 Å². The van der Waals surface area contributed by atoms with Gasteiger partial charge >= 0.3 is 0 Å². The Hall–Kier alpha value is -1.06. The van der Waals surface area contributed by atoms with Gasteiger partial charge in [0.25, 0.3) is 0 Å². The summed E-state index contributed by atoms with van der Waals surface area (Å²) in [5.74, 6) is -0.0312. The maximum Gasteiger partial charge on any atom is 0.245 e. The third kappa shape index (κ3) is 1.66. The van der Waals surface area contributed by atoms with Gasteiger partial charge in [-0.3, -0.25) is 9.59 Å². The van der Waals surface area contributed by atoms with Crippen molar-refractivity contribution in [2.75, 3.05) is 13.6 Å². The molecule has 0 aliphatic carbocycles. The van der Waals surface area contributed by atoms with Gasteiger partial charge in [-0.25, -0.2) is 0 Å². The van der Waals surface area contributed by atoms with Crippen molar-refractivity contribution in [3.05, 3.63) is 0 Å². The van der Waals surface area contributed by atoms with Gasteiger partial charge in [-0.15, -0.1) is 0 Å². The fraction of sp³-hybridized carbons (Fsp3) is 0.778. The van der Waals surface area contributed by atoms with Gasteiger partial charge in [0.1, 0.15) is 5.54 Å². The molecule has 0 aromatic rings. The van der Waals surface area contributed by atoms with E-state index >= 15 is 0 Å². The Morgan fingerprint density at radius 1 is 1.54 bits per heavy atom. The fourth-order valence-electron chi connectivity index (χ4n) is 1.67. The van der Waals surface area contributed by atoms with Crippen LogP contribution in [0, 0.1) is 0 Å². The summed E-state index contributed by atoms with van der Waals surface area (Å²) in [6.45, 7) is 4.24. The van der Waals surface area contributed by atoms with Crippen LogP contribution in [0.1, 0.15) is 26.7 Å². The lowest BCUT2D eigenvalue weighted by Crippen LogP contribution is -2.54. The molecule has 1 aliphatic heterocycles. The van der Waals surface area contributed by atoms with Gasteiger partial charge < -0.3 is 10.2 Å². The first-order valence-electron chi connectivity index (χ1n) is 4.53. The van der Waals surface area contributed by atoms with Gasteiger partial charge in [0.05, 0.1) is 0 Å². The molecule has 1 saturated heterocycles. The van der Waals surface area contributed by atoms with Crippen LogP contribution >= 0.6 is 0 Å². The van der Waals surface area contributed by atoms with E-state index in [2.05, 4.69) is 5.32 Å². The van der Waals surface area contributed by atoms with E-state index in [9.17, 15) is 9.59 Å². The summed E-state index contributed by atoms with van der Waals surface area (Å²) < 4.78 is 0. The molecule has 1 N–H and O–H groups in total. The minimum absolute atomic E-state index is 0.0774. The summed E-state index contributed by atoms with van der Waals surface area (Å²) >= 11 is 0. The summed E-state index contributed by atoms with van der Waals surface area (Å²) in [4.78, 5) is 24.5. The number of carbonyl (C=O) groups excluding carboxylic acids is 2. The van der Waals surface area contributed by atoms with E-state index in [-0.39, 0.29) is 11.8 Å². The fourth-order valence-corrected chi connectivity index (χ4v) is 1.67. The second-order valence-corrected chi connectivity index (χ2v) is 3.79. The summed E-state index contributed by atoms with van der Waals surface area (Å²) in [5.41, 5.74) is -0.706. The predicted molar refractivity (Wildman–Crippen MR) is 49.1 cm³/mol. The van der Waals surface area contributed by atoms with Crippen LogP contribution < -0.4 is 5.32 Å². The normalized spacial score (nSPS) is 17.8. The third-order valence-corrected chi connectivity index (χ3v) is 2.53. The minimum Gasteiger partial charge on any atom is -0.357 e. The molecule has 0 aromatic carbocycles. The lowest BCUT2D eigenvalue weighted by atomic mass is 10.0. The number of likely N-dealkylation sites (N-methyl/N-ethyl adjacent to an activating group) is 1. The quantitative estimate of drug-likeness (QED) is 0.663. The smallest absolute Gasteiger partial charge is 0.245 e. The molecule has 74 valence electrons. The zero-order chi connectivity index (χ0) is 10.1. The molecule has 1 fully saturated rings. The average molecular weight is 184 g/mol. The van der Waals surface area contributed by atoms with Crippen LogP contribution in [-0.4, -0.2) is 35.8 Å². The van der Waals surface area contributed by atoms with Crippen LogP contribution in [0.5, 0.6) is 0 Å². The molecule has 1 heterocycles. The monoisotopic (exact) mass is 184 g/mol. The minimum atomic E-state index is -0.706. The molecule has 1 aliphatic rings.